The zero-order chi connectivity index (χ0) is 32.3. The number of hydrazine groups is 1. The molecule has 1 aromatic heterocycles. The van der Waals surface area contributed by atoms with Gasteiger partial charge in [-0.2, -0.15) is 26.3 Å². The molecule has 2 aromatic rings. The molecule has 0 saturated heterocycles. The number of carbonyl (C=O) groups is 2. The lowest BCUT2D eigenvalue weighted by atomic mass is 9.97. The number of aromatic amines is 1. The topological polar surface area (TPSA) is 142 Å². The summed E-state index contributed by atoms with van der Waals surface area (Å²) in [6, 6.07) is 4.93. The van der Waals surface area contributed by atoms with Crippen LogP contribution in [-0.2, 0) is 22.7 Å². The summed E-state index contributed by atoms with van der Waals surface area (Å²) in [5.41, 5.74) is 7.04. The third-order valence-corrected chi connectivity index (χ3v) is 6.17. The van der Waals surface area contributed by atoms with Crippen LogP contribution in [0.25, 0.3) is 11.0 Å². The maximum atomic E-state index is 12.2. The third-order valence-electron chi connectivity index (χ3n) is 6.17. The Morgan fingerprint density at radius 1 is 1.00 bits per heavy atom. The van der Waals surface area contributed by atoms with Gasteiger partial charge in [0.05, 0.1) is 24.0 Å². The lowest BCUT2D eigenvalue weighted by Crippen LogP contribution is -2.33. The minimum Gasteiger partial charge on any atom is -0.393 e. The number of hydrogen-bond donors (Lipinski definition) is 5. The standard InChI is InChI=1S/C20H25F6N7O2.C6H10F2/c21-19(22,23)5-1-7-33(28)11-13(27)18(35)30-10-16-31-14-3-2-12(8-15(14)32-16)9-29-17(34)4-6-20(24,25)26;7-6(8)4-2-1-3-5-6/h2-3,8,11H,1,4-7,9-10,27-28H2,(H,29,34)(H,30,35)(H,31,32);1-5H2/b13-11-;. The minimum absolute atomic E-state index is 0.0254. The molecule has 1 saturated carbocycles. The van der Waals surface area contributed by atoms with Gasteiger partial charge in [-0.1, -0.05) is 12.5 Å². The Labute approximate surface area is 242 Å². The van der Waals surface area contributed by atoms with E-state index in [0.717, 1.165) is 17.6 Å². The van der Waals surface area contributed by atoms with E-state index >= 15 is 0 Å². The van der Waals surface area contributed by atoms with Crippen LogP contribution < -0.4 is 22.2 Å². The van der Waals surface area contributed by atoms with Gasteiger partial charge in [0.15, 0.2) is 0 Å². The van der Waals surface area contributed by atoms with Gasteiger partial charge in [-0.25, -0.2) is 19.6 Å². The minimum atomic E-state index is -4.40. The molecule has 242 valence electrons. The summed E-state index contributed by atoms with van der Waals surface area (Å²) in [6.07, 6.45) is -8.15. The maximum Gasteiger partial charge on any atom is 0.389 e. The van der Waals surface area contributed by atoms with Gasteiger partial charge in [0, 0.05) is 45.0 Å². The van der Waals surface area contributed by atoms with Crippen LogP contribution in [0.2, 0.25) is 0 Å². The highest BCUT2D eigenvalue weighted by atomic mass is 19.4. The number of carbonyl (C=O) groups excluding carboxylic acids is 2. The average Bonchev–Trinajstić information content (AvgIpc) is 3.30. The van der Waals surface area contributed by atoms with Crippen molar-refractivity contribution < 1.29 is 44.7 Å². The smallest absolute Gasteiger partial charge is 0.389 e. The molecule has 1 aliphatic rings. The Morgan fingerprint density at radius 2 is 1.65 bits per heavy atom. The number of amides is 2. The molecule has 9 nitrogen and oxygen atoms in total. The zero-order valence-electron chi connectivity index (χ0n) is 23.2. The van der Waals surface area contributed by atoms with Crippen LogP contribution in [0.1, 0.15) is 69.2 Å². The van der Waals surface area contributed by atoms with Crippen LogP contribution in [0.5, 0.6) is 0 Å². The van der Waals surface area contributed by atoms with Crippen LogP contribution in [0.3, 0.4) is 0 Å². The van der Waals surface area contributed by atoms with Gasteiger partial charge < -0.3 is 26.4 Å². The lowest BCUT2D eigenvalue weighted by molar-refractivity contribution is -0.144. The van der Waals surface area contributed by atoms with Gasteiger partial charge in [0.2, 0.25) is 11.8 Å². The number of nitrogens with two attached hydrogens (primary N) is 2. The van der Waals surface area contributed by atoms with Crippen molar-refractivity contribution in [3.63, 3.8) is 0 Å². The van der Waals surface area contributed by atoms with E-state index in [0.29, 0.717) is 35.3 Å². The highest BCUT2D eigenvalue weighted by molar-refractivity contribution is 5.92. The molecule has 1 heterocycles. The number of fused-ring (bicyclic) bond motifs is 1. The fourth-order valence-electron chi connectivity index (χ4n) is 3.95. The Kier molecular flexibility index (Phi) is 13.0. The number of hydrogen-bond acceptors (Lipinski definition) is 6. The van der Waals surface area contributed by atoms with Crippen LogP contribution in [0, 0.1) is 0 Å². The van der Waals surface area contributed by atoms with Crippen molar-refractivity contribution in [2.24, 2.45) is 11.6 Å². The molecular formula is C26H35F8N7O2. The molecule has 0 atom stereocenters. The summed E-state index contributed by atoms with van der Waals surface area (Å²) in [6.45, 7) is -0.177. The largest absolute Gasteiger partial charge is 0.393 e. The van der Waals surface area contributed by atoms with Crippen LogP contribution >= 0.6 is 0 Å². The fraction of sp³-hybridized carbons (Fsp3) is 0.577. The predicted octanol–water partition coefficient (Wildman–Crippen LogP) is 5.04. The Morgan fingerprint density at radius 3 is 2.23 bits per heavy atom. The van der Waals surface area contributed by atoms with Crippen molar-refractivity contribution in [3.05, 3.63) is 41.5 Å². The Balaban J connectivity index is 0.000000694. The van der Waals surface area contributed by atoms with E-state index in [2.05, 4.69) is 20.6 Å². The summed E-state index contributed by atoms with van der Waals surface area (Å²) >= 11 is 0. The molecule has 1 aliphatic carbocycles. The lowest BCUT2D eigenvalue weighted by Gasteiger charge is -2.20. The summed E-state index contributed by atoms with van der Waals surface area (Å²) in [4.78, 5) is 30.9. The number of nitrogens with zero attached hydrogens (tertiary/aromatic N) is 2. The number of aromatic nitrogens is 2. The number of halogens is 8. The number of rotatable bonds is 11. The molecule has 17 heteroatoms. The van der Waals surface area contributed by atoms with Gasteiger partial charge >= 0.3 is 12.4 Å². The predicted molar refractivity (Wildman–Crippen MR) is 142 cm³/mol. The van der Waals surface area contributed by atoms with Crippen molar-refractivity contribution in [1.82, 2.24) is 25.6 Å². The van der Waals surface area contributed by atoms with Gasteiger partial charge in [-0.3, -0.25) is 9.59 Å². The third kappa shape index (κ3) is 14.9. The molecular weight excluding hydrogens is 594 g/mol. The normalized spacial score (nSPS) is 15.4. The van der Waals surface area contributed by atoms with Crippen LogP contribution in [-0.4, -0.2) is 51.6 Å². The summed E-state index contributed by atoms with van der Waals surface area (Å²) in [5, 5.41) is 5.79. The monoisotopic (exact) mass is 629 g/mol. The number of alkyl halides is 8. The van der Waals surface area contributed by atoms with E-state index in [1.165, 1.54) is 0 Å². The molecule has 0 radical (unpaired) electrons. The van der Waals surface area contributed by atoms with Crippen LogP contribution in [0.15, 0.2) is 30.1 Å². The zero-order valence-corrected chi connectivity index (χ0v) is 23.2. The first-order valence-electron chi connectivity index (χ1n) is 13.4. The van der Waals surface area contributed by atoms with E-state index < -0.39 is 49.4 Å². The number of H-pyrrole nitrogens is 1. The average molecular weight is 630 g/mol. The van der Waals surface area contributed by atoms with E-state index in [-0.39, 0.29) is 44.6 Å². The van der Waals surface area contributed by atoms with E-state index in [1.54, 1.807) is 18.2 Å². The van der Waals surface area contributed by atoms with Crippen molar-refractivity contribution in [3.8, 4) is 0 Å². The molecule has 1 fully saturated rings. The van der Waals surface area contributed by atoms with E-state index in [9.17, 15) is 44.7 Å². The summed E-state index contributed by atoms with van der Waals surface area (Å²) in [5.74, 6) is 2.14. The first kappa shape index (κ1) is 35.6. The first-order valence-corrected chi connectivity index (χ1v) is 13.4. The molecule has 0 spiro atoms. The van der Waals surface area contributed by atoms with Gasteiger partial charge in [0.25, 0.3) is 5.91 Å². The summed E-state index contributed by atoms with van der Waals surface area (Å²) in [7, 11) is 0. The maximum absolute atomic E-state index is 12.2. The van der Waals surface area contributed by atoms with Crippen molar-refractivity contribution in [1.29, 1.82) is 0 Å². The molecule has 3 rings (SSSR count). The molecule has 2 amide bonds. The number of benzene rings is 1. The SMILES string of the molecule is FC1(F)CCCCC1.N/C(=C\N(N)CCCC(F)(F)F)C(=O)NCc1nc2ccc(CNC(=O)CCC(F)(F)F)cc2[nH]1. The van der Waals surface area contributed by atoms with Crippen molar-refractivity contribution >= 4 is 22.8 Å². The van der Waals surface area contributed by atoms with E-state index in [4.69, 9.17) is 11.6 Å². The second kappa shape index (κ2) is 15.7. The molecule has 0 unspecified atom stereocenters. The van der Waals surface area contributed by atoms with Crippen molar-refractivity contribution in [2.45, 2.75) is 89.2 Å². The van der Waals surface area contributed by atoms with Gasteiger partial charge in [-0.05, 0) is 37.0 Å². The molecule has 0 aliphatic heterocycles. The highest BCUT2D eigenvalue weighted by Gasteiger charge is 2.30. The number of nitrogens with one attached hydrogen (secondary N) is 3. The molecule has 0 bridgehead atoms. The van der Waals surface area contributed by atoms with Crippen LogP contribution in [0.4, 0.5) is 35.1 Å². The van der Waals surface area contributed by atoms with Crippen molar-refractivity contribution in [2.75, 3.05) is 6.54 Å². The fourth-order valence-corrected chi connectivity index (χ4v) is 3.95. The van der Waals surface area contributed by atoms with Gasteiger partial charge in [0.1, 0.15) is 11.5 Å². The highest BCUT2D eigenvalue weighted by Crippen LogP contribution is 2.32. The second-order valence-corrected chi connectivity index (χ2v) is 10.1. The summed E-state index contributed by atoms with van der Waals surface area (Å²) < 4.78 is 97.5. The molecule has 43 heavy (non-hydrogen) atoms. The Bertz CT molecular complexity index is 1220. The molecule has 7 N–H and O–H groups in total. The van der Waals surface area contributed by atoms with Gasteiger partial charge in [-0.15, -0.1) is 0 Å². The number of imidazole rings is 1. The second-order valence-electron chi connectivity index (χ2n) is 10.1. The first-order chi connectivity index (χ1) is 19.9. The van der Waals surface area contributed by atoms with E-state index in [1.807, 2.05) is 0 Å². The molecule has 1 aromatic carbocycles. The quantitative estimate of drug-likeness (QED) is 0.102. The Hall–Kier alpha value is -3.63.